The maximum atomic E-state index is 6.20. The topological polar surface area (TPSA) is 59.6 Å². The molecule has 0 saturated heterocycles. The Balaban J connectivity index is 0.00000288. The lowest BCUT2D eigenvalue weighted by atomic mass is 10.1. The van der Waals surface area contributed by atoms with Crippen LogP contribution < -0.4 is 11.1 Å². The lowest BCUT2D eigenvalue weighted by Gasteiger charge is -2.15. The number of hydrogen-bond donors (Lipinski definition) is 2. The average Bonchev–Trinajstić information content (AvgIpc) is 2.57. The number of rotatable bonds is 6. The van der Waals surface area contributed by atoms with Crippen LogP contribution in [0.1, 0.15) is 24.2 Å². The number of nitrogens with one attached hydrogen (secondary N) is 1. The SMILES string of the molecule is CCc1ccc(NC(N)=NCC(OC)c2ccccc2Cl)cc1.I. The Bertz CT molecular complexity index is 662. The van der Waals surface area contributed by atoms with Crippen LogP contribution in [0.25, 0.3) is 0 Å². The molecule has 2 rings (SSSR count). The zero-order chi connectivity index (χ0) is 16.7. The number of methoxy groups -OCH3 is 1. The van der Waals surface area contributed by atoms with Gasteiger partial charge in [0.2, 0.25) is 0 Å². The fourth-order valence-electron chi connectivity index (χ4n) is 2.23. The second kappa shape index (κ2) is 10.5. The van der Waals surface area contributed by atoms with Crippen LogP contribution in [-0.2, 0) is 11.2 Å². The van der Waals surface area contributed by atoms with Crippen molar-refractivity contribution in [3.8, 4) is 0 Å². The molecular formula is C18H23ClIN3O. The second-order valence-corrected chi connectivity index (χ2v) is 5.55. The molecule has 0 fully saturated rings. The molecule has 4 nitrogen and oxygen atoms in total. The molecule has 0 spiro atoms. The largest absolute Gasteiger partial charge is 0.375 e. The van der Waals surface area contributed by atoms with Crippen molar-refractivity contribution in [2.24, 2.45) is 10.7 Å². The maximum Gasteiger partial charge on any atom is 0.193 e. The summed E-state index contributed by atoms with van der Waals surface area (Å²) in [5.41, 5.74) is 9.04. The normalized spacial score (nSPS) is 12.4. The van der Waals surface area contributed by atoms with Gasteiger partial charge >= 0.3 is 0 Å². The molecule has 0 aromatic heterocycles. The molecular weight excluding hydrogens is 437 g/mol. The van der Waals surface area contributed by atoms with E-state index >= 15 is 0 Å². The minimum atomic E-state index is -0.230. The number of aliphatic imine (C=N–C) groups is 1. The van der Waals surface area contributed by atoms with Crippen LogP contribution in [0.15, 0.2) is 53.5 Å². The Morgan fingerprint density at radius 1 is 1.21 bits per heavy atom. The van der Waals surface area contributed by atoms with Crippen molar-refractivity contribution < 1.29 is 4.74 Å². The predicted molar refractivity (Wildman–Crippen MR) is 113 cm³/mol. The molecule has 1 unspecified atom stereocenters. The molecule has 6 heteroatoms. The van der Waals surface area contributed by atoms with Gasteiger partial charge in [0.25, 0.3) is 0 Å². The van der Waals surface area contributed by atoms with Crippen LogP contribution in [0.2, 0.25) is 5.02 Å². The molecule has 0 saturated carbocycles. The molecule has 1 atom stereocenters. The highest BCUT2D eigenvalue weighted by molar-refractivity contribution is 14.0. The predicted octanol–water partition coefficient (Wildman–Crippen LogP) is 4.63. The second-order valence-electron chi connectivity index (χ2n) is 5.15. The minimum Gasteiger partial charge on any atom is -0.375 e. The van der Waals surface area contributed by atoms with Crippen molar-refractivity contribution >= 4 is 47.2 Å². The molecule has 0 aliphatic carbocycles. The zero-order valence-electron chi connectivity index (χ0n) is 13.8. The van der Waals surface area contributed by atoms with Crippen molar-refractivity contribution in [3.05, 3.63) is 64.7 Å². The van der Waals surface area contributed by atoms with E-state index in [0.717, 1.165) is 17.7 Å². The van der Waals surface area contributed by atoms with E-state index in [0.29, 0.717) is 17.5 Å². The van der Waals surface area contributed by atoms with Gasteiger partial charge in [0, 0.05) is 23.4 Å². The third kappa shape index (κ3) is 5.96. The van der Waals surface area contributed by atoms with Crippen molar-refractivity contribution in [1.82, 2.24) is 0 Å². The van der Waals surface area contributed by atoms with E-state index in [1.807, 2.05) is 36.4 Å². The van der Waals surface area contributed by atoms with Crippen LogP contribution >= 0.6 is 35.6 Å². The van der Waals surface area contributed by atoms with Crippen LogP contribution in [0.3, 0.4) is 0 Å². The lowest BCUT2D eigenvalue weighted by Crippen LogP contribution is -2.24. The molecule has 0 radical (unpaired) electrons. The highest BCUT2D eigenvalue weighted by atomic mass is 127. The smallest absolute Gasteiger partial charge is 0.193 e. The Morgan fingerprint density at radius 3 is 2.46 bits per heavy atom. The first-order valence-corrected chi connectivity index (χ1v) is 7.95. The third-order valence-corrected chi connectivity index (χ3v) is 3.94. The summed E-state index contributed by atoms with van der Waals surface area (Å²) in [6, 6.07) is 15.7. The number of halogens is 2. The minimum absolute atomic E-state index is 0. The van der Waals surface area contributed by atoms with Gasteiger partial charge in [-0.2, -0.15) is 0 Å². The third-order valence-electron chi connectivity index (χ3n) is 3.60. The van der Waals surface area contributed by atoms with Gasteiger partial charge in [-0.15, -0.1) is 24.0 Å². The molecule has 24 heavy (non-hydrogen) atoms. The summed E-state index contributed by atoms with van der Waals surface area (Å²) in [7, 11) is 1.64. The van der Waals surface area contributed by atoms with E-state index in [1.54, 1.807) is 7.11 Å². The fourth-order valence-corrected chi connectivity index (χ4v) is 2.49. The molecule has 0 amide bonds. The summed E-state index contributed by atoms with van der Waals surface area (Å²) in [6.45, 7) is 2.52. The van der Waals surface area contributed by atoms with Crippen molar-refractivity contribution in [2.45, 2.75) is 19.4 Å². The van der Waals surface area contributed by atoms with E-state index in [9.17, 15) is 0 Å². The van der Waals surface area contributed by atoms with E-state index in [2.05, 4.69) is 29.4 Å². The van der Waals surface area contributed by atoms with Gasteiger partial charge in [-0.3, -0.25) is 4.99 Å². The highest BCUT2D eigenvalue weighted by Crippen LogP contribution is 2.25. The summed E-state index contributed by atoms with van der Waals surface area (Å²) in [5, 5.41) is 3.74. The summed E-state index contributed by atoms with van der Waals surface area (Å²) < 4.78 is 5.47. The molecule has 2 aromatic rings. The molecule has 0 aliphatic rings. The summed E-state index contributed by atoms with van der Waals surface area (Å²) in [5.74, 6) is 0.350. The number of nitrogens with zero attached hydrogens (tertiary/aromatic N) is 1. The van der Waals surface area contributed by atoms with Gasteiger partial charge in [0.05, 0.1) is 6.54 Å². The van der Waals surface area contributed by atoms with Crippen LogP contribution in [0, 0.1) is 0 Å². The fraction of sp³-hybridized carbons (Fsp3) is 0.278. The molecule has 0 heterocycles. The zero-order valence-corrected chi connectivity index (χ0v) is 16.9. The van der Waals surface area contributed by atoms with Gasteiger partial charge < -0.3 is 15.8 Å². The van der Waals surface area contributed by atoms with Crippen molar-refractivity contribution in [3.63, 3.8) is 0 Å². The van der Waals surface area contributed by atoms with Gasteiger partial charge in [-0.1, -0.05) is 48.9 Å². The Morgan fingerprint density at radius 2 is 1.88 bits per heavy atom. The molecule has 0 bridgehead atoms. The van der Waals surface area contributed by atoms with Crippen molar-refractivity contribution in [2.75, 3.05) is 19.0 Å². The van der Waals surface area contributed by atoms with E-state index in [4.69, 9.17) is 22.1 Å². The number of aryl methyl sites for hydroxylation is 1. The first kappa shape index (κ1) is 20.7. The van der Waals surface area contributed by atoms with E-state index in [-0.39, 0.29) is 30.1 Å². The van der Waals surface area contributed by atoms with Gasteiger partial charge in [-0.25, -0.2) is 0 Å². The first-order valence-electron chi connectivity index (χ1n) is 7.57. The number of anilines is 1. The maximum absolute atomic E-state index is 6.20. The number of nitrogens with two attached hydrogens (primary N) is 1. The monoisotopic (exact) mass is 459 g/mol. The van der Waals surface area contributed by atoms with Gasteiger partial charge in [-0.05, 0) is 30.2 Å². The number of benzene rings is 2. The quantitative estimate of drug-likeness (QED) is 0.376. The standard InChI is InChI=1S/C18H22ClN3O.HI/c1-3-13-8-10-14(11-9-13)22-18(20)21-12-17(23-2)15-6-4-5-7-16(15)19;/h4-11,17H,3,12H2,1-2H3,(H3,20,21,22);1H. The number of ether oxygens (including phenoxy) is 1. The highest BCUT2D eigenvalue weighted by Gasteiger charge is 2.13. The summed E-state index contributed by atoms with van der Waals surface area (Å²) in [6.07, 6.45) is 0.781. The van der Waals surface area contributed by atoms with Gasteiger partial charge in [0.1, 0.15) is 6.10 Å². The molecule has 3 N–H and O–H groups in total. The summed E-state index contributed by atoms with van der Waals surface area (Å²) >= 11 is 6.20. The number of guanidine groups is 1. The Kier molecular flexibility index (Phi) is 9.10. The van der Waals surface area contributed by atoms with Crippen LogP contribution in [0.4, 0.5) is 5.69 Å². The van der Waals surface area contributed by atoms with Crippen LogP contribution in [0.5, 0.6) is 0 Å². The molecule has 130 valence electrons. The summed E-state index contributed by atoms with van der Waals surface area (Å²) in [4.78, 5) is 4.35. The van der Waals surface area contributed by atoms with E-state index in [1.165, 1.54) is 5.56 Å². The van der Waals surface area contributed by atoms with Crippen molar-refractivity contribution in [1.29, 1.82) is 0 Å². The van der Waals surface area contributed by atoms with Crippen LogP contribution in [-0.4, -0.2) is 19.6 Å². The Labute approximate surface area is 165 Å². The lowest BCUT2D eigenvalue weighted by molar-refractivity contribution is 0.111. The average molecular weight is 460 g/mol. The van der Waals surface area contributed by atoms with Gasteiger partial charge in [0.15, 0.2) is 5.96 Å². The number of hydrogen-bond acceptors (Lipinski definition) is 2. The molecule has 0 aliphatic heterocycles. The molecule has 2 aromatic carbocycles. The van der Waals surface area contributed by atoms with E-state index < -0.39 is 0 Å². The Hall–Kier alpha value is -1.31. The first-order chi connectivity index (χ1) is 11.1.